The summed E-state index contributed by atoms with van der Waals surface area (Å²) in [5.74, 6) is 0.576. The number of methoxy groups -OCH3 is 1. The van der Waals surface area contributed by atoms with Gasteiger partial charge < -0.3 is 9.64 Å². The fraction of sp³-hybridized carbons (Fsp3) is 0.536. The number of ether oxygens (including phenoxy) is 1. The second-order valence-electron chi connectivity index (χ2n) is 10.0. The van der Waals surface area contributed by atoms with Gasteiger partial charge in [-0.2, -0.15) is 13.2 Å². The quantitative estimate of drug-likeness (QED) is 0.280. The van der Waals surface area contributed by atoms with Gasteiger partial charge in [0.1, 0.15) is 5.75 Å². The molecule has 1 heterocycles. The highest BCUT2D eigenvalue weighted by atomic mass is 32.2. The molecule has 1 saturated heterocycles. The number of benzene rings is 2. The summed E-state index contributed by atoms with van der Waals surface area (Å²) >= 11 is 1.15. The summed E-state index contributed by atoms with van der Waals surface area (Å²) in [6, 6.07) is 13.1. The van der Waals surface area contributed by atoms with E-state index in [-0.39, 0.29) is 28.9 Å². The Labute approximate surface area is 210 Å². The average molecular weight is 506 g/mol. The normalized spacial score (nSPS) is 24.9. The van der Waals surface area contributed by atoms with Gasteiger partial charge in [-0.15, -0.1) is 11.8 Å². The minimum Gasteiger partial charge on any atom is -0.496 e. The van der Waals surface area contributed by atoms with E-state index in [0.29, 0.717) is 17.4 Å². The number of nitrogens with zero attached hydrogens (tertiary/aromatic N) is 1. The first-order valence-electron chi connectivity index (χ1n) is 12.3. The molecular formula is C28H34F3NO2S. The smallest absolute Gasteiger partial charge is 0.416 e. The molecule has 1 aliphatic heterocycles. The number of fused-ring (bicyclic) bond motifs is 2. The largest absolute Gasteiger partial charge is 0.496 e. The number of ketones is 1. The Morgan fingerprint density at radius 1 is 1.23 bits per heavy atom. The van der Waals surface area contributed by atoms with Gasteiger partial charge >= 0.3 is 6.18 Å². The summed E-state index contributed by atoms with van der Waals surface area (Å²) in [7, 11) is 3.54. The first-order chi connectivity index (χ1) is 16.7. The molecule has 3 nitrogen and oxygen atoms in total. The van der Waals surface area contributed by atoms with Crippen LogP contribution in [-0.2, 0) is 11.6 Å². The maximum Gasteiger partial charge on any atom is 0.416 e. The van der Waals surface area contributed by atoms with Crippen molar-refractivity contribution < 1.29 is 22.7 Å². The monoisotopic (exact) mass is 505 g/mol. The Hall–Kier alpha value is -1.99. The lowest BCUT2D eigenvalue weighted by Crippen LogP contribution is -2.46. The molecule has 0 N–H and O–H groups in total. The van der Waals surface area contributed by atoms with Gasteiger partial charge in [0.25, 0.3) is 0 Å². The standard InChI is InChI=1S/C28H34F3NO2S/c1-32-18-19-9-7-13-27(25(32)15-19,20-10-5-4-6-11-20)14-8-12-22(33)26-23(34-2)16-21(28(29,30)31)17-24(26)35-3/h4-6,10-11,16-17,19,25H,7-9,12-15,18H2,1-3H3/t19?,25-,27-/m1/s1. The van der Waals surface area contributed by atoms with Crippen molar-refractivity contribution in [2.75, 3.05) is 27.0 Å². The van der Waals surface area contributed by atoms with Gasteiger partial charge in [0.15, 0.2) is 5.78 Å². The van der Waals surface area contributed by atoms with E-state index in [9.17, 15) is 18.0 Å². The van der Waals surface area contributed by atoms with Crippen molar-refractivity contribution in [2.45, 2.75) is 67.5 Å². The van der Waals surface area contributed by atoms with Crippen LogP contribution in [0.25, 0.3) is 0 Å². The summed E-state index contributed by atoms with van der Waals surface area (Å²) in [6.45, 7) is 1.12. The zero-order valence-electron chi connectivity index (χ0n) is 20.7. The molecule has 1 aliphatic carbocycles. The second-order valence-corrected chi connectivity index (χ2v) is 10.8. The van der Waals surface area contributed by atoms with E-state index in [1.807, 2.05) is 6.07 Å². The predicted octanol–water partition coefficient (Wildman–Crippen LogP) is 7.23. The number of hydrogen-bond donors (Lipinski definition) is 0. The summed E-state index contributed by atoms with van der Waals surface area (Å²) < 4.78 is 45.3. The fourth-order valence-electron chi connectivity index (χ4n) is 6.42. The SMILES string of the molecule is COc1cc(C(F)(F)F)cc(SC)c1C(=O)CCC[C@@]1(c2ccccc2)CCCC2C[C@H]1N(C)C2. The third-order valence-corrected chi connectivity index (χ3v) is 8.76. The minimum absolute atomic E-state index is 0.000202. The van der Waals surface area contributed by atoms with Crippen molar-refractivity contribution in [3.8, 4) is 5.75 Å². The Morgan fingerprint density at radius 3 is 2.63 bits per heavy atom. The number of alkyl halides is 3. The lowest BCUT2D eigenvalue weighted by Gasteiger charge is -2.43. The molecule has 2 bridgehead atoms. The van der Waals surface area contributed by atoms with Crippen molar-refractivity contribution in [3.63, 3.8) is 0 Å². The number of Topliss-reactive ketones (excluding diaryl/α,β-unsaturated/α-hetero) is 1. The van der Waals surface area contributed by atoms with Gasteiger partial charge in [-0.3, -0.25) is 4.79 Å². The molecule has 190 valence electrons. The van der Waals surface area contributed by atoms with Crippen LogP contribution in [0, 0.1) is 5.92 Å². The number of carbonyl (C=O) groups excluding carboxylic acids is 1. The topological polar surface area (TPSA) is 29.5 Å². The lowest BCUT2D eigenvalue weighted by molar-refractivity contribution is -0.137. The van der Waals surface area contributed by atoms with Crippen LogP contribution in [0.2, 0.25) is 0 Å². The van der Waals surface area contributed by atoms with Gasteiger partial charge in [0.2, 0.25) is 0 Å². The molecule has 3 atom stereocenters. The number of likely N-dealkylation sites (N-methyl/N-ethyl adjacent to an activating group) is 1. The van der Waals surface area contributed by atoms with E-state index in [1.165, 1.54) is 31.9 Å². The first-order valence-corrected chi connectivity index (χ1v) is 13.5. The molecule has 2 aromatic carbocycles. The van der Waals surface area contributed by atoms with Crippen molar-refractivity contribution in [3.05, 3.63) is 59.2 Å². The Kier molecular flexibility index (Phi) is 7.86. The van der Waals surface area contributed by atoms with Crippen LogP contribution in [-0.4, -0.2) is 43.7 Å². The summed E-state index contributed by atoms with van der Waals surface area (Å²) in [5, 5.41) is 0. The zero-order valence-corrected chi connectivity index (χ0v) is 21.5. The third kappa shape index (κ3) is 5.26. The molecule has 0 spiro atoms. The van der Waals surface area contributed by atoms with E-state index in [1.54, 1.807) is 6.26 Å². The van der Waals surface area contributed by atoms with Gasteiger partial charge in [0.05, 0.1) is 18.2 Å². The number of halogens is 3. The molecule has 2 fully saturated rings. The minimum atomic E-state index is -4.49. The van der Waals surface area contributed by atoms with E-state index in [4.69, 9.17) is 4.74 Å². The third-order valence-electron chi connectivity index (χ3n) is 8.00. The van der Waals surface area contributed by atoms with Crippen molar-refractivity contribution >= 4 is 17.5 Å². The Balaban J connectivity index is 1.59. The highest BCUT2D eigenvalue weighted by Gasteiger charge is 2.48. The number of thioether (sulfide) groups is 1. The average Bonchev–Trinajstić information content (AvgIpc) is 3.11. The highest BCUT2D eigenvalue weighted by Crippen LogP contribution is 2.49. The molecule has 2 aromatic rings. The van der Waals surface area contributed by atoms with Gasteiger partial charge in [-0.25, -0.2) is 0 Å². The number of rotatable bonds is 8. The van der Waals surface area contributed by atoms with Crippen LogP contribution in [0.3, 0.4) is 0 Å². The predicted molar refractivity (Wildman–Crippen MR) is 134 cm³/mol. The van der Waals surface area contributed by atoms with Crippen LogP contribution in [0.1, 0.15) is 66.4 Å². The Morgan fingerprint density at radius 2 is 1.97 bits per heavy atom. The molecule has 35 heavy (non-hydrogen) atoms. The molecule has 1 saturated carbocycles. The molecule has 0 amide bonds. The molecule has 7 heteroatoms. The molecule has 1 unspecified atom stereocenters. The van der Waals surface area contributed by atoms with Gasteiger partial charge in [-0.05, 0) is 69.0 Å². The fourth-order valence-corrected chi connectivity index (χ4v) is 7.08. The van der Waals surface area contributed by atoms with Crippen LogP contribution in [0.4, 0.5) is 13.2 Å². The summed E-state index contributed by atoms with van der Waals surface area (Å²) in [4.78, 5) is 16.2. The van der Waals surface area contributed by atoms with Crippen molar-refractivity contribution in [2.24, 2.45) is 5.92 Å². The van der Waals surface area contributed by atoms with E-state index in [0.717, 1.165) is 49.2 Å². The molecular weight excluding hydrogens is 471 g/mol. The second kappa shape index (κ2) is 10.6. The van der Waals surface area contributed by atoms with Crippen molar-refractivity contribution in [1.82, 2.24) is 4.90 Å². The summed E-state index contributed by atoms with van der Waals surface area (Å²) in [5.41, 5.74) is 0.786. The molecule has 4 rings (SSSR count). The molecule has 2 aliphatic rings. The van der Waals surface area contributed by atoms with Crippen LogP contribution in [0.5, 0.6) is 5.75 Å². The first kappa shape index (κ1) is 26.1. The van der Waals surface area contributed by atoms with Crippen molar-refractivity contribution in [1.29, 1.82) is 0 Å². The van der Waals surface area contributed by atoms with Crippen LogP contribution < -0.4 is 4.74 Å². The summed E-state index contributed by atoms with van der Waals surface area (Å²) in [6.07, 6.45) is 3.74. The number of likely N-dealkylation sites (tertiary alicyclic amines) is 1. The molecule has 0 radical (unpaired) electrons. The number of carbonyl (C=O) groups is 1. The zero-order chi connectivity index (χ0) is 25.2. The van der Waals surface area contributed by atoms with Crippen LogP contribution in [0.15, 0.2) is 47.4 Å². The number of hydrogen-bond acceptors (Lipinski definition) is 4. The van der Waals surface area contributed by atoms with E-state index >= 15 is 0 Å². The van der Waals surface area contributed by atoms with E-state index in [2.05, 4.69) is 36.2 Å². The maximum absolute atomic E-state index is 13.4. The van der Waals surface area contributed by atoms with Crippen LogP contribution >= 0.6 is 11.8 Å². The lowest BCUT2D eigenvalue weighted by atomic mass is 9.67. The Bertz CT molecular complexity index is 1020. The van der Waals surface area contributed by atoms with Gasteiger partial charge in [0, 0.05) is 29.3 Å². The van der Waals surface area contributed by atoms with Gasteiger partial charge in [-0.1, -0.05) is 36.8 Å². The maximum atomic E-state index is 13.4. The highest BCUT2D eigenvalue weighted by molar-refractivity contribution is 7.98. The van der Waals surface area contributed by atoms with E-state index < -0.39 is 11.7 Å². The molecule has 0 aromatic heterocycles.